The Morgan fingerprint density at radius 1 is 1.39 bits per heavy atom. The van der Waals surface area contributed by atoms with Gasteiger partial charge in [-0.25, -0.2) is 4.98 Å². The van der Waals surface area contributed by atoms with Crippen molar-refractivity contribution >= 4 is 5.95 Å². The Hall–Kier alpha value is -1.40. The third kappa shape index (κ3) is 3.82. The van der Waals surface area contributed by atoms with Gasteiger partial charge >= 0.3 is 0 Å². The van der Waals surface area contributed by atoms with E-state index in [1.165, 1.54) is 0 Å². The molecule has 6 heteroatoms. The molecule has 1 saturated carbocycles. The first-order chi connectivity index (χ1) is 8.78. The molecule has 18 heavy (non-hydrogen) atoms. The van der Waals surface area contributed by atoms with Crippen LogP contribution in [0.1, 0.15) is 25.7 Å². The Bertz CT molecular complexity index is 367. The Morgan fingerprint density at radius 3 is 2.89 bits per heavy atom. The molecule has 1 aliphatic rings. The van der Waals surface area contributed by atoms with Crippen LogP contribution in [0.5, 0.6) is 5.88 Å². The van der Waals surface area contributed by atoms with E-state index >= 15 is 0 Å². The first-order valence-corrected chi connectivity index (χ1v) is 6.38. The normalized spacial score (nSPS) is 23.7. The van der Waals surface area contributed by atoms with Crippen molar-refractivity contribution < 1.29 is 9.84 Å². The summed E-state index contributed by atoms with van der Waals surface area (Å²) in [5, 5.41) is 11.6. The molecule has 1 aliphatic carbocycles. The molecule has 1 heterocycles. The zero-order chi connectivity index (χ0) is 12.8. The maximum atomic E-state index is 8.72. The van der Waals surface area contributed by atoms with Crippen LogP contribution in [0.2, 0.25) is 0 Å². The van der Waals surface area contributed by atoms with Crippen LogP contribution < -0.4 is 15.8 Å². The number of rotatable bonds is 5. The molecule has 1 aromatic rings. The van der Waals surface area contributed by atoms with Crippen molar-refractivity contribution in [2.24, 2.45) is 5.73 Å². The number of aromatic nitrogens is 2. The van der Waals surface area contributed by atoms with E-state index in [1.807, 2.05) is 0 Å². The number of aliphatic hydroxyl groups excluding tert-OH is 1. The van der Waals surface area contributed by atoms with E-state index in [2.05, 4.69) is 15.3 Å². The topological polar surface area (TPSA) is 93.3 Å². The number of hydrogen-bond donors (Lipinski definition) is 3. The van der Waals surface area contributed by atoms with Gasteiger partial charge in [0.25, 0.3) is 0 Å². The molecule has 0 bridgehead atoms. The Labute approximate surface area is 107 Å². The van der Waals surface area contributed by atoms with Gasteiger partial charge in [-0.3, -0.25) is 0 Å². The van der Waals surface area contributed by atoms with Crippen LogP contribution in [0.25, 0.3) is 0 Å². The van der Waals surface area contributed by atoms with Crippen LogP contribution in [0, 0.1) is 0 Å². The predicted molar refractivity (Wildman–Crippen MR) is 68.5 cm³/mol. The number of nitrogens with two attached hydrogens (primary N) is 1. The second-order valence-corrected chi connectivity index (χ2v) is 4.52. The summed E-state index contributed by atoms with van der Waals surface area (Å²) < 4.78 is 5.82. The number of nitrogens with zero attached hydrogens (tertiary/aromatic N) is 2. The second-order valence-electron chi connectivity index (χ2n) is 4.52. The van der Waals surface area contributed by atoms with Gasteiger partial charge in [0, 0.05) is 24.8 Å². The lowest BCUT2D eigenvalue weighted by molar-refractivity contribution is 0.141. The standard InChI is InChI=1S/C12H20N4O2/c13-9-1-3-10(4-2-9)18-11-5-6-14-12(16-11)15-7-8-17/h5-6,9-10,17H,1-4,7-8,13H2,(H,14,15,16)/t9-,10-. The summed E-state index contributed by atoms with van der Waals surface area (Å²) in [7, 11) is 0. The minimum absolute atomic E-state index is 0.0506. The van der Waals surface area contributed by atoms with Crippen molar-refractivity contribution in [2.45, 2.75) is 37.8 Å². The average Bonchev–Trinajstić information content (AvgIpc) is 2.40. The van der Waals surface area contributed by atoms with Gasteiger partial charge in [-0.05, 0) is 25.7 Å². The van der Waals surface area contributed by atoms with Gasteiger partial charge in [-0.2, -0.15) is 4.98 Å². The molecule has 6 nitrogen and oxygen atoms in total. The summed E-state index contributed by atoms with van der Waals surface area (Å²) in [4.78, 5) is 8.29. The number of hydrogen-bond acceptors (Lipinski definition) is 6. The van der Waals surface area contributed by atoms with Gasteiger partial charge in [0.2, 0.25) is 11.8 Å². The summed E-state index contributed by atoms with van der Waals surface area (Å²) in [5.41, 5.74) is 5.85. The molecular formula is C12H20N4O2. The summed E-state index contributed by atoms with van der Waals surface area (Å²) >= 11 is 0. The van der Waals surface area contributed by atoms with Gasteiger partial charge in [-0.1, -0.05) is 0 Å². The molecule has 0 amide bonds. The summed E-state index contributed by atoms with van der Waals surface area (Å²) in [6.45, 7) is 0.483. The summed E-state index contributed by atoms with van der Waals surface area (Å²) in [5.74, 6) is 1.06. The highest BCUT2D eigenvalue weighted by Crippen LogP contribution is 2.22. The van der Waals surface area contributed by atoms with E-state index < -0.39 is 0 Å². The molecule has 0 saturated heterocycles. The molecule has 0 unspecified atom stereocenters. The maximum Gasteiger partial charge on any atom is 0.226 e. The van der Waals surface area contributed by atoms with Crippen molar-refractivity contribution in [1.82, 2.24) is 9.97 Å². The van der Waals surface area contributed by atoms with E-state index in [9.17, 15) is 0 Å². The Kier molecular flexibility index (Phi) is 4.72. The molecule has 0 aromatic carbocycles. The Morgan fingerprint density at radius 2 is 2.17 bits per heavy atom. The molecule has 1 aromatic heterocycles. The second kappa shape index (κ2) is 6.51. The average molecular weight is 252 g/mol. The van der Waals surface area contributed by atoms with Crippen molar-refractivity contribution in [1.29, 1.82) is 0 Å². The van der Waals surface area contributed by atoms with Gasteiger partial charge in [0.15, 0.2) is 0 Å². The quantitative estimate of drug-likeness (QED) is 0.708. The summed E-state index contributed by atoms with van der Waals surface area (Å²) in [6, 6.07) is 2.07. The fourth-order valence-electron chi connectivity index (χ4n) is 2.04. The predicted octanol–water partition coefficient (Wildman–Crippen LogP) is 0.529. The molecule has 1 fully saturated rings. The molecule has 0 radical (unpaired) electrons. The number of anilines is 1. The van der Waals surface area contributed by atoms with Crippen LogP contribution in [-0.2, 0) is 0 Å². The first-order valence-electron chi connectivity index (χ1n) is 6.38. The molecule has 2 rings (SSSR count). The van der Waals surface area contributed by atoms with Crippen molar-refractivity contribution in [2.75, 3.05) is 18.5 Å². The Balaban J connectivity index is 1.88. The lowest BCUT2D eigenvalue weighted by Gasteiger charge is -2.26. The molecule has 0 spiro atoms. The van der Waals surface area contributed by atoms with Crippen molar-refractivity contribution in [3.63, 3.8) is 0 Å². The van der Waals surface area contributed by atoms with Crippen molar-refractivity contribution in [3.05, 3.63) is 12.3 Å². The fraction of sp³-hybridized carbons (Fsp3) is 0.667. The van der Waals surface area contributed by atoms with E-state index in [1.54, 1.807) is 12.3 Å². The third-order valence-electron chi connectivity index (χ3n) is 3.03. The SMILES string of the molecule is N[C@H]1CC[C@H](Oc2ccnc(NCCO)n2)CC1. The monoisotopic (exact) mass is 252 g/mol. The fourth-order valence-corrected chi connectivity index (χ4v) is 2.04. The van der Waals surface area contributed by atoms with Crippen LogP contribution in [0.4, 0.5) is 5.95 Å². The summed E-state index contributed by atoms with van der Waals surface area (Å²) in [6.07, 6.45) is 5.81. The maximum absolute atomic E-state index is 8.72. The molecule has 0 atom stereocenters. The zero-order valence-corrected chi connectivity index (χ0v) is 10.4. The highest BCUT2D eigenvalue weighted by atomic mass is 16.5. The van der Waals surface area contributed by atoms with E-state index in [0.717, 1.165) is 25.7 Å². The third-order valence-corrected chi connectivity index (χ3v) is 3.03. The zero-order valence-electron chi connectivity index (χ0n) is 10.4. The molecule has 100 valence electrons. The minimum Gasteiger partial charge on any atom is -0.474 e. The highest BCUT2D eigenvalue weighted by molar-refractivity contribution is 5.27. The molecular weight excluding hydrogens is 232 g/mol. The van der Waals surface area contributed by atoms with E-state index in [0.29, 0.717) is 24.4 Å². The number of nitrogens with one attached hydrogen (secondary N) is 1. The van der Waals surface area contributed by atoms with Gasteiger partial charge in [-0.15, -0.1) is 0 Å². The van der Waals surface area contributed by atoms with E-state index in [4.69, 9.17) is 15.6 Å². The van der Waals surface area contributed by atoms with Crippen LogP contribution >= 0.6 is 0 Å². The lowest BCUT2D eigenvalue weighted by Crippen LogP contribution is -2.31. The van der Waals surface area contributed by atoms with Crippen LogP contribution in [-0.4, -0.2) is 40.4 Å². The minimum atomic E-state index is 0.0506. The lowest BCUT2D eigenvalue weighted by atomic mass is 9.94. The van der Waals surface area contributed by atoms with E-state index in [-0.39, 0.29) is 12.7 Å². The largest absolute Gasteiger partial charge is 0.474 e. The first kappa shape index (κ1) is 13.0. The highest BCUT2D eigenvalue weighted by Gasteiger charge is 2.20. The molecule has 4 N–H and O–H groups in total. The number of ether oxygens (including phenoxy) is 1. The molecule has 0 aliphatic heterocycles. The van der Waals surface area contributed by atoms with Gasteiger partial charge < -0.3 is 20.9 Å². The smallest absolute Gasteiger partial charge is 0.226 e. The number of aliphatic hydroxyl groups is 1. The van der Waals surface area contributed by atoms with Crippen molar-refractivity contribution in [3.8, 4) is 5.88 Å². The van der Waals surface area contributed by atoms with Gasteiger partial charge in [0.1, 0.15) is 6.10 Å². The van der Waals surface area contributed by atoms with Crippen LogP contribution in [0.3, 0.4) is 0 Å². The van der Waals surface area contributed by atoms with Crippen LogP contribution in [0.15, 0.2) is 12.3 Å². The van der Waals surface area contributed by atoms with Gasteiger partial charge in [0.05, 0.1) is 6.61 Å².